The van der Waals surface area contributed by atoms with Crippen LogP contribution in [0.1, 0.15) is 16.8 Å². The third-order valence-corrected chi connectivity index (χ3v) is 5.95. The maximum Gasteiger partial charge on any atom is 0.238 e. The van der Waals surface area contributed by atoms with Crippen molar-refractivity contribution in [2.75, 3.05) is 26.0 Å². The number of aromatic nitrogens is 1. The van der Waals surface area contributed by atoms with Crippen molar-refractivity contribution in [1.29, 1.82) is 0 Å². The van der Waals surface area contributed by atoms with Crippen LogP contribution in [0.2, 0.25) is 0 Å². The van der Waals surface area contributed by atoms with Crippen molar-refractivity contribution in [2.24, 2.45) is 0 Å². The first kappa shape index (κ1) is 21.5. The zero-order valence-corrected chi connectivity index (χ0v) is 19.4. The first-order valence-corrected chi connectivity index (χ1v) is 10.9. The van der Waals surface area contributed by atoms with E-state index < -0.39 is 0 Å². The lowest BCUT2D eigenvalue weighted by Crippen LogP contribution is -2.30. The van der Waals surface area contributed by atoms with Crippen molar-refractivity contribution in [3.8, 4) is 16.3 Å². The molecule has 1 aromatic heterocycles. The monoisotopic (exact) mass is 473 g/mol. The van der Waals surface area contributed by atoms with Crippen molar-refractivity contribution in [1.82, 2.24) is 9.88 Å². The molecule has 2 aromatic carbocycles. The number of thiazole rings is 1. The minimum absolute atomic E-state index is 0.0333. The molecular weight excluding hydrogens is 450 g/mol. The lowest BCUT2D eigenvalue weighted by Gasteiger charge is -2.17. The quantitative estimate of drug-likeness (QED) is 0.507. The Kier molecular flexibility index (Phi) is 7.05. The van der Waals surface area contributed by atoms with E-state index in [1.54, 1.807) is 18.4 Å². The third kappa shape index (κ3) is 5.44. The largest absolute Gasteiger partial charge is 0.496 e. The summed E-state index contributed by atoms with van der Waals surface area (Å²) in [4.78, 5) is 19.2. The number of amides is 1. The van der Waals surface area contributed by atoms with Crippen LogP contribution in [0.15, 0.2) is 46.3 Å². The highest BCUT2D eigenvalue weighted by atomic mass is 79.9. The highest BCUT2D eigenvalue weighted by Gasteiger charge is 2.14. The maximum atomic E-state index is 12.5. The van der Waals surface area contributed by atoms with Gasteiger partial charge in [0.25, 0.3) is 0 Å². The number of para-hydroxylation sites is 1. The minimum Gasteiger partial charge on any atom is -0.496 e. The summed E-state index contributed by atoms with van der Waals surface area (Å²) >= 11 is 5.07. The lowest BCUT2D eigenvalue weighted by molar-refractivity contribution is -0.117. The van der Waals surface area contributed by atoms with Crippen molar-refractivity contribution in [3.63, 3.8) is 0 Å². The molecule has 0 saturated heterocycles. The van der Waals surface area contributed by atoms with Gasteiger partial charge in [0.2, 0.25) is 5.91 Å². The van der Waals surface area contributed by atoms with Gasteiger partial charge in [0.05, 0.1) is 24.9 Å². The molecular formula is C22H24BrN3O2S. The molecule has 0 spiro atoms. The molecule has 0 bridgehead atoms. The molecule has 1 N–H and O–H groups in total. The zero-order valence-electron chi connectivity index (χ0n) is 17.0. The summed E-state index contributed by atoms with van der Waals surface area (Å²) in [7, 11) is 3.58. The molecule has 0 aliphatic carbocycles. The van der Waals surface area contributed by atoms with Gasteiger partial charge < -0.3 is 10.1 Å². The lowest BCUT2D eigenvalue weighted by atomic mass is 10.1. The summed E-state index contributed by atoms with van der Waals surface area (Å²) < 4.78 is 6.43. The molecule has 5 nitrogen and oxygen atoms in total. The third-order valence-electron chi connectivity index (χ3n) is 4.53. The minimum atomic E-state index is -0.0333. The van der Waals surface area contributed by atoms with Crippen LogP contribution in [-0.4, -0.2) is 36.5 Å². The van der Waals surface area contributed by atoms with Crippen LogP contribution < -0.4 is 10.1 Å². The van der Waals surface area contributed by atoms with Gasteiger partial charge in [0, 0.05) is 22.1 Å². The smallest absolute Gasteiger partial charge is 0.238 e. The van der Waals surface area contributed by atoms with E-state index in [9.17, 15) is 4.79 Å². The van der Waals surface area contributed by atoms with E-state index in [1.165, 1.54) is 0 Å². The van der Waals surface area contributed by atoms with Crippen LogP contribution in [0, 0.1) is 13.8 Å². The molecule has 0 unspecified atom stereocenters. The zero-order chi connectivity index (χ0) is 21.0. The van der Waals surface area contributed by atoms with Gasteiger partial charge >= 0.3 is 0 Å². The van der Waals surface area contributed by atoms with E-state index in [4.69, 9.17) is 9.72 Å². The van der Waals surface area contributed by atoms with Crippen LogP contribution in [0.25, 0.3) is 10.6 Å². The van der Waals surface area contributed by atoms with E-state index in [0.29, 0.717) is 13.1 Å². The maximum absolute atomic E-state index is 12.5. The summed E-state index contributed by atoms with van der Waals surface area (Å²) in [6.45, 7) is 4.88. The number of halogens is 1. The molecule has 0 atom stereocenters. The summed E-state index contributed by atoms with van der Waals surface area (Å²) in [5, 5.41) is 5.95. The number of ether oxygens (including phenoxy) is 1. The van der Waals surface area contributed by atoms with E-state index in [0.717, 1.165) is 43.3 Å². The van der Waals surface area contributed by atoms with Crippen LogP contribution >= 0.6 is 27.3 Å². The Labute approximate surface area is 183 Å². The van der Waals surface area contributed by atoms with Gasteiger partial charge in [-0.05, 0) is 50.2 Å². The number of nitrogens with one attached hydrogen (secondary N) is 1. The molecule has 0 saturated carbocycles. The van der Waals surface area contributed by atoms with E-state index in [-0.39, 0.29) is 5.91 Å². The second-order valence-corrected chi connectivity index (χ2v) is 8.75. The van der Waals surface area contributed by atoms with Gasteiger partial charge in [0.1, 0.15) is 10.8 Å². The number of methoxy groups -OCH3 is 1. The number of anilines is 1. The second-order valence-electron chi connectivity index (χ2n) is 6.98. The number of aryl methyl sites for hydroxylation is 2. The molecule has 1 amide bonds. The summed E-state index contributed by atoms with van der Waals surface area (Å²) in [6.07, 6.45) is 0. The molecule has 0 radical (unpaired) electrons. The average Bonchev–Trinajstić information content (AvgIpc) is 3.13. The Hall–Kier alpha value is -2.22. The Morgan fingerprint density at radius 1 is 1.24 bits per heavy atom. The SMILES string of the molecule is COc1ccc(Br)cc1-c1nc(CN(C)CC(=O)Nc2c(C)cccc2C)cs1. The first-order chi connectivity index (χ1) is 13.9. The number of hydrogen-bond donors (Lipinski definition) is 1. The standard InChI is InChI=1S/C22H24BrN3O2S/c1-14-6-5-7-15(2)21(14)25-20(27)12-26(3)11-17-13-29-22(24-17)18-10-16(23)8-9-19(18)28-4/h5-10,13H,11-12H2,1-4H3,(H,25,27). The van der Waals surface area contributed by atoms with Gasteiger partial charge in [-0.2, -0.15) is 0 Å². The predicted octanol–water partition coefficient (Wildman–Crippen LogP) is 5.27. The summed E-state index contributed by atoms with van der Waals surface area (Å²) in [5.41, 5.74) is 4.90. The number of rotatable bonds is 7. The van der Waals surface area contributed by atoms with Crippen molar-refractivity contribution < 1.29 is 9.53 Å². The highest BCUT2D eigenvalue weighted by molar-refractivity contribution is 9.10. The van der Waals surface area contributed by atoms with Gasteiger partial charge in [-0.1, -0.05) is 34.1 Å². The molecule has 0 fully saturated rings. The van der Waals surface area contributed by atoms with Crippen molar-refractivity contribution in [2.45, 2.75) is 20.4 Å². The molecule has 29 heavy (non-hydrogen) atoms. The highest BCUT2D eigenvalue weighted by Crippen LogP contribution is 2.34. The number of carbonyl (C=O) groups is 1. The fraction of sp³-hybridized carbons (Fsp3) is 0.273. The first-order valence-electron chi connectivity index (χ1n) is 9.20. The van der Waals surface area contributed by atoms with Crippen molar-refractivity contribution in [3.05, 3.63) is 63.1 Å². The normalized spacial score (nSPS) is 11.0. The van der Waals surface area contributed by atoms with Crippen LogP contribution in [0.5, 0.6) is 5.75 Å². The summed E-state index contributed by atoms with van der Waals surface area (Å²) in [5.74, 6) is 0.754. The van der Waals surface area contributed by atoms with Gasteiger partial charge in [0.15, 0.2) is 0 Å². The molecule has 152 valence electrons. The van der Waals surface area contributed by atoms with E-state index in [2.05, 4.69) is 21.2 Å². The second kappa shape index (κ2) is 9.52. The summed E-state index contributed by atoms with van der Waals surface area (Å²) in [6, 6.07) is 11.9. The van der Waals surface area contributed by atoms with Crippen LogP contribution in [-0.2, 0) is 11.3 Å². The fourth-order valence-electron chi connectivity index (χ4n) is 3.12. The Morgan fingerprint density at radius 3 is 2.66 bits per heavy atom. The number of nitrogens with zero attached hydrogens (tertiary/aromatic N) is 2. The van der Waals surface area contributed by atoms with E-state index in [1.807, 2.05) is 67.6 Å². The molecule has 3 rings (SSSR count). The molecule has 1 heterocycles. The topological polar surface area (TPSA) is 54.5 Å². The van der Waals surface area contributed by atoms with Crippen LogP contribution in [0.4, 0.5) is 5.69 Å². The number of carbonyl (C=O) groups excluding carboxylic acids is 1. The van der Waals surface area contributed by atoms with Gasteiger partial charge in [-0.15, -0.1) is 11.3 Å². The Bertz CT molecular complexity index is 999. The number of likely N-dealkylation sites (N-methyl/N-ethyl adjacent to an activating group) is 1. The van der Waals surface area contributed by atoms with Crippen molar-refractivity contribution >= 4 is 38.9 Å². The molecule has 0 aliphatic heterocycles. The molecule has 3 aromatic rings. The van der Waals surface area contributed by atoms with Crippen LogP contribution in [0.3, 0.4) is 0 Å². The fourth-order valence-corrected chi connectivity index (χ4v) is 4.31. The predicted molar refractivity (Wildman–Crippen MR) is 123 cm³/mol. The average molecular weight is 474 g/mol. The number of hydrogen-bond acceptors (Lipinski definition) is 5. The number of benzene rings is 2. The molecule has 7 heteroatoms. The molecule has 0 aliphatic rings. The van der Waals surface area contributed by atoms with E-state index >= 15 is 0 Å². The van der Waals surface area contributed by atoms with Gasteiger partial charge in [-0.25, -0.2) is 4.98 Å². The Balaban J connectivity index is 1.64. The Morgan fingerprint density at radius 2 is 1.97 bits per heavy atom. The van der Waals surface area contributed by atoms with Gasteiger partial charge in [-0.3, -0.25) is 9.69 Å².